The maximum atomic E-state index is 12.2. The van der Waals surface area contributed by atoms with E-state index in [4.69, 9.17) is 0 Å². The van der Waals surface area contributed by atoms with E-state index in [1.165, 1.54) is 6.92 Å². The van der Waals surface area contributed by atoms with Gasteiger partial charge in [-0.15, -0.1) is 0 Å². The molecule has 5 heteroatoms. The van der Waals surface area contributed by atoms with Gasteiger partial charge in [0, 0.05) is 9.26 Å². The molecule has 2 N–H and O–H groups in total. The van der Waals surface area contributed by atoms with Crippen molar-refractivity contribution in [3.05, 3.63) is 63.7 Å². The van der Waals surface area contributed by atoms with E-state index < -0.39 is 17.3 Å². The van der Waals surface area contributed by atoms with Gasteiger partial charge in [-0.25, -0.2) is 4.79 Å². The largest absolute Gasteiger partial charge is 0.479 e. The lowest BCUT2D eigenvalue weighted by Gasteiger charge is -2.29. The van der Waals surface area contributed by atoms with Crippen LogP contribution < -0.4 is 5.32 Å². The summed E-state index contributed by atoms with van der Waals surface area (Å²) in [5.41, 5.74) is -0.800. The topological polar surface area (TPSA) is 66.4 Å². The number of hydrogen-bond donors (Lipinski definition) is 2. The minimum atomic E-state index is -1.79. The molecule has 0 saturated carbocycles. The normalized spacial score (nSPS) is 13.2. The van der Waals surface area contributed by atoms with Crippen LogP contribution >= 0.6 is 22.6 Å². The average molecular weight is 395 g/mol. The molecule has 0 spiro atoms. The Bertz CT molecular complexity index is 639. The second kappa shape index (κ2) is 6.26. The minimum absolute atomic E-state index is 0.409. The quantitative estimate of drug-likeness (QED) is 0.603. The van der Waals surface area contributed by atoms with Crippen LogP contribution in [0.1, 0.15) is 12.5 Å². The lowest BCUT2D eigenvalue weighted by molar-refractivity contribution is -0.146. The van der Waals surface area contributed by atoms with E-state index in [2.05, 4.69) is 27.9 Å². The summed E-state index contributed by atoms with van der Waals surface area (Å²) in [5.74, 6) is -1.69. The Balaban J connectivity index is 2.56. The molecule has 0 fully saturated rings. The highest BCUT2D eigenvalue weighted by molar-refractivity contribution is 14.1. The molecule has 1 atom stereocenters. The smallest absolute Gasteiger partial charge is 0.341 e. The first-order valence-electron chi connectivity index (χ1n) is 6.30. The van der Waals surface area contributed by atoms with Crippen molar-refractivity contribution < 1.29 is 14.7 Å². The number of halogens is 1. The first-order valence-corrected chi connectivity index (χ1v) is 7.38. The fourth-order valence-electron chi connectivity index (χ4n) is 2.13. The van der Waals surface area contributed by atoms with Gasteiger partial charge < -0.3 is 10.4 Å². The Morgan fingerprint density at radius 3 is 2.10 bits per heavy atom. The molecular formula is C16H14INO3. The molecule has 2 aromatic rings. The molecule has 0 radical (unpaired) electrons. The van der Waals surface area contributed by atoms with Crippen LogP contribution in [0, 0.1) is 3.57 Å². The molecule has 0 heterocycles. The summed E-state index contributed by atoms with van der Waals surface area (Å²) in [7, 11) is 0. The molecule has 0 bridgehead atoms. The standard InChI is InChI=1S/C16H14INO3/c1-11(19)16(15(20)21,12-7-9-13(17)10-8-12)18-14-5-3-2-4-6-14/h2-10,18H,1H3,(H,20,21). The van der Waals surface area contributed by atoms with Crippen molar-refractivity contribution in [3.63, 3.8) is 0 Å². The first-order chi connectivity index (χ1) is 9.96. The Morgan fingerprint density at radius 2 is 1.62 bits per heavy atom. The number of carbonyl (C=O) groups is 2. The summed E-state index contributed by atoms with van der Waals surface area (Å²) >= 11 is 2.13. The Labute approximate surface area is 136 Å². The molecule has 2 rings (SSSR count). The Kier molecular flexibility index (Phi) is 4.62. The zero-order valence-electron chi connectivity index (χ0n) is 11.3. The number of ketones is 1. The van der Waals surface area contributed by atoms with Crippen LogP contribution in [0.2, 0.25) is 0 Å². The lowest BCUT2D eigenvalue weighted by Crippen LogP contribution is -2.49. The van der Waals surface area contributed by atoms with E-state index in [0.717, 1.165) is 3.57 Å². The van der Waals surface area contributed by atoms with Crippen molar-refractivity contribution in [2.24, 2.45) is 0 Å². The van der Waals surface area contributed by atoms with E-state index in [1.807, 2.05) is 6.07 Å². The molecule has 108 valence electrons. The van der Waals surface area contributed by atoms with Crippen molar-refractivity contribution in [1.82, 2.24) is 0 Å². The average Bonchev–Trinajstić information content (AvgIpc) is 2.46. The number of anilines is 1. The summed E-state index contributed by atoms with van der Waals surface area (Å²) in [4.78, 5) is 24.0. The fraction of sp³-hybridized carbons (Fsp3) is 0.125. The molecule has 0 amide bonds. The molecule has 0 aromatic heterocycles. The van der Waals surface area contributed by atoms with Crippen molar-refractivity contribution in [3.8, 4) is 0 Å². The predicted molar refractivity (Wildman–Crippen MR) is 89.2 cm³/mol. The van der Waals surface area contributed by atoms with Crippen molar-refractivity contribution in [1.29, 1.82) is 0 Å². The number of Topliss-reactive ketones (excluding diaryl/α,β-unsaturated/α-hetero) is 1. The third-order valence-electron chi connectivity index (χ3n) is 3.23. The number of nitrogens with one attached hydrogen (secondary N) is 1. The molecule has 0 aliphatic heterocycles. The van der Waals surface area contributed by atoms with Gasteiger partial charge in [-0.05, 0) is 59.3 Å². The fourth-order valence-corrected chi connectivity index (χ4v) is 2.49. The highest BCUT2D eigenvalue weighted by Crippen LogP contribution is 2.29. The van der Waals surface area contributed by atoms with Crippen molar-refractivity contribution >= 4 is 40.0 Å². The molecule has 1 unspecified atom stereocenters. The highest BCUT2D eigenvalue weighted by atomic mass is 127. The van der Waals surface area contributed by atoms with Gasteiger partial charge in [-0.1, -0.05) is 30.3 Å². The van der Waals surface area contributed by atoms with Gasteiger partial charge in [0.15, 0.2) is 5.78 Å². The zero-order chi connectivity index (χ0) is 15.5. The van der Waals surface area contributed by atoms with Crippen LogP contribution in [0.3, 0.4) is 0 Å². The van der Waals surface area contributed by atoms with E-state index in [9.17, 15) is 14.7 Å². The highest BCUT2D eigenvalue weighted by Gasteiger charge is 2.45. The molecular weight excluding hydrogens is 381 g/mol. The van der Waals surface area contributed by atoms with Crippen molar-refractivity contribution in [2.75, 3.05) is 5.32 Å². The number of para-hydroxylation sites is 1. The van der Waals surface area contributed by atoms with Crippen LogP contribution in [-0.4, -0.2) is 16.9 Å². The van der Waals surface area contributed by atoms with E-state index in [1.54, 1.807) is 48.5 Å². The lowest BCUT2D eigenvalue weighted by atomic mass is 9.86. The summed E-state index contributed by atoms with van der Waals surface area (Å²) in [6.07, 6.45) is 0. The maximum Gasteiger partial charge on any atom is 0.341 e. The third kappa shape index (κ3) is 3.07. The molecule has 21 heavy (non-hydrogen) atoms. The summed E-state index contributed by atoms with van der Waals surface area (Å²) in [6, 6.07) is 15.7. The number of carboxylic acid groups (broad SMARTS) is 1. The van der Waals surface area contributed by atoms with E-state index >= 15 is 0 Å². The van der Waals surface area contributed by atoms with Gasteiger partial charge in [0.25, 0.3) is 0 Å². The van der Waals surface area contributed by atoms with E-state index in [-0.39, 0.29) is 0 Å². The molecule has 0 aliphatic carbocycles. The summed E-state index contributed by atoms with van der Waals surface area (Å²) in [5, 5.41) is 12.6. The van der Waals surface area contributed by atoms with Crippen LogP contribution in [0.5, 0.6) is 0 Å². The second-order valence-corrected chi connectivity index (χ2v) is 5.85. The number of rotatable bonds is 5. The number of hydrogen-bond acceptors (Lipinski definition) is 3. The van der Waals surface area contributed by atoms with Crippen LogP contribution in [-0.2, 0) is 15.1 Å². The molecule has 0 aliphatic rings. The summed E-state index contributed by atoms with van der Waals surface area (Å²) in [6.45, 7) is 1.28. The van der Waals surface area contributed by atoms with Crippen LogP contribution in [0.25, 0.3) is 0 Å². The van der Waals surface area contributed by atoms with Gasteiger partial charge >= 0.3 is 5.97 Å². The number of aliphatic carboxylic acids is 1. The molecule has 0 saturated heterocycles. The van der Waals surface area contributed by atoms with E-state index in [0.29, 0.717) is 11.3 Å². The number of carbonyl (C=O) groups excluding carboxylic acids is 1. The molecule has 4 nitrogen and oxygen atoms in total. The first kappa shape index (κ1) is 15.5. The van der Waals surface area contributed by atoms with Gasteiger partial charge in [0.1, 0.15) is 0 Å². The van der Waals surface area contributed by atoms with Crippen LogP contribution in [0.15, 0.2) is 54.6 Å². The summed E-state index contributed by atoms with van der Waals surface area (Å²) < 4.78 is 0.971. The Hall–Kier alpha value is -1.89. The minimum Gasteiger partial charge on any atom is -0.479 e. The second-order valence-electron chi connectivity index (χ2n) is 4.61. The number of carboxylic acids is 1. The predicted octanol–water partition coefficient (Wildman–Crippen LogP) is 3.27. The monoisotopic (exact) mass is 395 g/mol. The van der Waals surface area contributed by atoms with Crippen molar-refractivity contribution in [2.45, 2.75) is 12.5 Å². The van der Waals surface area contributed by atoms with Crippen LogP contribution in [0.4, 0.5) is 5.69 Å². The number of benzene rings is 2. The van der Waals surface area contributed by atoms with Gasteiger partial charge in [-0.3, -0.25) is 4.79 Å². The molecule has 2 aromatic carbocycles. The van der Waals surface area contributed by atoms with Gasteiger partial charge in [-0.2, -0.15) is 0 Å². The van der Waals surface area contributed by atoms with Gasteiger partial charge in [0.05, 0.1) is 0 Å². The zero-order valence-corrected chi connectivity index (χ0v) is 13.5. The maximum absolute atomic E-state index is 12.2. The van der Waals surface area contributed by atoms with Gasteiger partial charge in [0.2, 0.25) is 5.54 Å². The SMILES string of the molecule is CC(=O)C(Nc1ccccc1)(C(=O)O)c1ccc(I)cc1. The third-order valence-corrected chi connectivity index (χ3v) is 3.95. The Morgan fingerprint density at radius 1 is 1.05 bits per heavy atom.